The molecule has 1 fully saturated rings. The molecule has 2 rings (SSSR count). The summed E-state index contributed by atoms with van der Waals surface area (Å²) in [5.41, 5.74) is 1.30. The van der Waals surface area contributed by atoms with Crippen LogP contribution >= 0.6 is 39.9 Å². The topological polar surface area (TPSA) is 48.9 Å². The standard InChI is InChI=1S/C17H27BrN4O.HI/c1-3-19-17(20-9-11-23-2)21-12-14-8-10-22(13-14)16-6-4-15(18)5-7-16;/h4-7,14H,3,8-13H2,1-2H3,(H2,19,20,21);1H. The Labute approximate surface area is 170 Å². The predicted octanol–water partition coefficient (Wildman–Crippen LogP) is 3.09. The molecular formula is C17H28BrIN4O. The van der Waals surface area contributed by atoms with Crippen LogP contribution in [0, 0.1) is 5.92 Å². The van der Waals surface area contributed by atoms with E-state index in [-0.39, 0.29) is 24.0 Å². The molecule has 5 nitrogen and oxygen atoms in total. The summed E-state index contributed by atoms with van der Waals surface area (Å²) in [4.78, 5) is 7.16. The highest BCUT2D eigenvalue weighted by molar-refractivity contribution is 14.0. The number of nitrogens with zero attached hydrogens (tertiary/aromatic N) is 2. The monoisotopic (exact) mass is 510 g/mol. The van der Waals surface area contributed by atoms with E-state index in [0.29, 0.717) is 12.5 Å². The SMILES string of the molecule is CCNC(=NCC1CCN(c2ccc(Br)cc2)C1)NCCOC.I. The van der Waals surface area contributed by atoms with E-state index < -0.39 is 0 Å². The summed E-state index contributed by atoms with van der Waals surface area (Å²) < 4.78 is 6.19. The fourth-order valence-corrected chi connectivity index (χ4v) is 2.97. The normalized spacial score (nSPS) is 17.5. The summed E-state index contributed by atoms with van der Waals surface area (Å²) in [5.74, 6) is 1.49. The molecule has 1 atom stereocenters. The minimum Gasteiger partial charge on any atom is -0.383 e. The molecule has 24 heavy (non-hydrogen) atoms. The molecule has 7 heteroatoms. The summed E-state index contributed by atoms with van der Waals surface area (Å²) in [6.45, 7) is 7.45. The molecule has 0 spiro atoms. The highest BCUT2D eigenvalue weighted by atomic mass is 127. The molecule has 0 aromatic heterocycles. The van der Waals surface area contributed by atoms with Gasteiger partial charge in [0.15, 0.2) is 5.96 Å². The maximum Gasteiger partial charge on any atom is 0.191 e. The number of aliphatic imine (C=N–C) groups is 1. The smallest absolute Gasteiger partial charge is 0.191 e. The number of anilines is 1. The van der Waals surface area contributed by atoms with Gasteiger partial charge in [0.1, 0.15) is 0 Å². The molecule has 1 saturated heterocycles. The lowest BCUT2D eigenvalue weighted by Gasteiger charge is -2.18. The van der Waals surface area contributed by atoms with Gasteiger partial charge in [-0.1, -0.05) is 15.9 Å². The summed E-state index contributed by atoms with van der Waals surface area (Å²) in [6, 6.07) is 8.55. The van der Waals surface area contributed by atoms with Crippen LogP contribution in [0.25, 0.3) is 0 Å². The Morgan fingerprint density at radius 3 is 2.75 bits per heavy atom. The second-order valence-corrected chi connectivity index (χ2v) is 6.63. The molecule has 1 heterocycles. The van der Waals surface area contributed by atoms with E-state index in [4.69, 9.17) is 9.73 Å². The number of hydrogen-bond acceptors (Lipinski definition) is 3. The average Bonchev–Trinajstić information content (AvgIpc) is 3.02. The second-order valence-electron chi connectivity index (χ2n) is 5.72. The molecule has 0 aliphatic carbocycles. The van der Waals surface area contributed by atoms with Gasteiger partial charge in [-0.25, -0.2) is 0 Å². The number of guanidine groups is 1. The van der Waals surface area contributed by atoms with Gasteiger partial charge in [0.05, 0.1) is 6.61 Å². The Hall–Kier alpha value is -0.540. The van der Waals surface area contributed by atoms with Crippen molar-refractivity contribution in [1.82, 2.24) is 10.6 Å². The fourth-order valence-electron chi connectivity index (χ4n) is 2.70. The maximum absolute atomic E-state index is 5.06. The van der Waals surface area contributed by atoms with Gasteiger partial charge in [-0.05, 0) is 43.5 Å². The third-order valence-corrected chi connectivity index (χ3v) is 4.46. The van der Waals surface area contributed by atoms with Crippen molar-refractivity contribution in [1.29, 1.82) is 0 Å². The lowest BCUT2D eigenvalue weighted by atomic mass is 10.1. The Morgan fingerprint density at radius 1 is 1.33 bits per heavy atom. The fraction of sp³-hybridized carbons (Fsp3) is 0.588. The molecule has 1 aliphatic heterocycles. The molecule has 0 saturated carbocycles. The van der Waals surface area contributed by atoms with Crippen LogP contribution in [0.15, 0.2) is 33.7 Å². The number of methoxy groups -OCH3 is 1. The maximum atomic E-state index is 5.06. The van der Waals surface area contributed by atoms with Gasteiger partial charge < -0.3 is 20.3 Å². The van der Waals surface area contributed by atoms with Crippen molar-refractivity contribution in [3.05, 3.63) is 28.7 Å². The molecule has 136 valence electrons. The van der Waals surface area contributed by atoms with Gasteiger partial charge >= 0.3 is 0 Å². The molecule has 0 bridgehead atoms. The van der Waals surface area contributed by atoms with Gasteiger partial charge in [-0.15, -0.1) is 24.0 Å². The van der Waals surface area contributed by atoms with Crippen molar-refractivity contribution in [3.8, 4) is 0 Å². The summed E-state index contributed by atoms with van der Waals surface area (Å²) in [5, 5.41) is 6.57. The Kier molecular flexibility index (Phi) is 10.7. The highest BCUT2D eigenvalue weighted by Crippen LogP contribution is 2.25. The van der Waals surface area contributed by atoms with Crippen molar-refractivity contribution < 1.29 is 4.74 Å². The lowest BCUT2D eigenvalue weighted by molar-refractivity contribution is 0.203. The molecule has 1 aromatic rings. The average molecular weight is 511 g/mol. The van der Waals surface area contributed by atoms with E-state index in [1.807, 2.05) is 0 Å². The number of rotatable bonds is 7. The summed E-state index contributed by atoms with van der Waals surface area (Å²) >= 11 is 3.49. The molecule has 1 unspecified atom stereocenters. The van der Waals surface area contributed by atoms with E-state index >= 15 is 0 Å². The number of ether oxygens (including phenoxy) is 1. The van der Waals surface area contributed by atoms with Gasteiger partial charge in [0.2, 0.25) is 0 Å². The lowest BCUT2D eigenvalue weighted by Crippen LogP contribution is -2.39. The minimum atomic E-state index is 0. The first-order valence-corrected chi connectivity index (χ1v) is 9.04. The van der Waals surface area contributed by atoms with E-state index in [1.165, 1.54) is 12.1 Å². The first-order chi connectivity index (χ1) is 11.2. The Bertz CT molecular complexity index is 498. The van der Waals surface area contributed by atoms with Crippen molar-refractivity contribution >= 4 is 51.6 Å². The number of benzene rings is 1. The van der Waals surface area contributed by atoms with Crippen molar-refractivity contribution in [2.75, 3.05) is 51.3 Å². The van der Waals surface area contributed by atoms with Crippen LogP contribution in [-0.2, 0) is 4.74 Å². The van der Waals surface area contributed by atoms with Crippen molar-refractivity contribution in [2.24, 2.45) is 10.9 Å². The van der Waals surface area contributed by atoms with Gasteiger partial charge in [-0.3, -0.25) is 4.99 Å². The second kappa shape index (κ2) is 11.9. The van der Waals surface area contributed by atoms with Gasteiger partial charge in [0, 0.05) is 50.0 Å². The van der Waals surface area contributed by atoms with E-state index in [9.17, 15) is 0 Å². The molecular weight excluding hydrogens is 483 g/mol. The van der Waals surface area contributed by atoms with Crippen LogP contribution in [0.5, 0.6) is 0 Å². The zero-order valence-electron chi connectivity index (χ0n) is 14.4. The van der Waals surface area contributed by atoms with Crippen LogP contribution in [0.1, 0.15) is 13.3 Å². The largest absolute Gasteiger partial charge is 0.383 e. The van der Waals surface area contributed by atoms with E-state index in [1.54, 1.807) is 7.11 Å². The van der Waals surface area contributed by atoms with Crippen LogP contribution in [0.3, 0.4) is 0 Å². The van der Waals surface area contributed by atoms with Crippen LogP contribution in [0.2, 0.25) is 0 Å². The van der Waals surface area contributed by atoms with Gasteiger partial charge in [0.25, 0.3) is 0 Å². The van der Waals surface area contributed by atoms with Gasteiger partial charge in [-0.2, -0.15) is 0 Å². The highest BCUT2D eigenvalue weighted by Gasteiger charge is 2.22. The quantitative estimate of drug-likeness (QED) is 0.256. The first kappa shape index (κ1) is 21.5. The third-order valence-electron chi connectivity index (χ3n) is 3.93. The Balaban J connectivity index is 0.00000288. The number of halogens is 2. The van der Waals surface area contributed by atoms with Crippen molar-refractivity contribution in [3.63, 3.8) is 0 Å². The minimum absolute atomic E-state index is 0. The molecule has 1 aromatic carbocycles. The van der Waals surface area contributed by atoms with Crippen LogP contribution in [0.4, 0.5) is 5.69 Å². The third kappa shape index (κ3) is 7.14. The first-order valence-electron chi connectivity index (χ1n) is 8.24. The zero-order chi connectivity index (χ0) is 16.5. The summed E-state index contributed by atoms with van der Waals surface area (Å²) in [6.07, 6.45) is 1.19. The molecule has 0 amide bonds. The molecule has 1 aliphatic rings. The number of nitrogens with one attached hydrogen (secondary N) is 2. The van der Waals surface area contributed by atoms with Crippen LogP contribution in [-0.4, -0.2) is 52.4 Å². The Morgan fingerprint density at radius 2 is 2.08 bits per heavy atom. The summed E-state index contributed by atoms with van der Waals surface area (Å²) in [7, 11) is 1.71. The van der Waals surface area contributed by atoms with E-state index in [0.717, 1.165) is 43.2 Å². The van der Waals surface area contributed by atoms with E-state index in [2.05, 4.69) is 62.7 Å². The van der Waals surface area contributed by atoms with Crippen molar-refractivity contribution in [2.45, 2.75) is 13.3 Å². The predicted molar refractivity (Wildman–Crippen MR) is 116 cm³/mol. The van der Waals surface area contributed by atoms with Crippen LogP contribution < -0.4 is 15.5 Å². The number of hydrogen-bond donors (Lipinski definition) is 2. The molecule has 2 N–H and O–H groups in total. The molecule has 0 radical (unpaired) electrons. The zero-order valence-corrected chi connectivity index (χ0v) is 18.3.